The van der Waals surface area contributed by atoms with E-state index in [-0.39, 0.29) is 24.4 Å². The Morgan fingerprint density at radius 3 is 2.67 bits per heavy atom. The molecule has 27 heavy (non-hydrogen) atoms. The molecule has 0 spiro atoms. The second-order valence-electron chi connectivity index (χ2n) is 6.06. The third-order valence-corrected chi connectivity index (χ3v) is 4.23. The summed E-state index contributed by atoms with van der Waals surface area (Å²) in [5, 5.41) is 19.0. The van der Waals surface area contributed by atoms with Gasteiger partial charge in [-0.1, -0.05) is 17.7 Å². The number of amides is 1. The van der Waals surface area contributed by atoms with E-state index in [0.29, 0.717) is 17.1 Å². The van der Waals surface area contributed by atoms with E-state index in [1.54, 1.807) is 19.1 Å². The Labute approximate surface area is 161 Å². The van der Waals surface area contributed by atoms with Crippen LogP contribution in [-0.4, -0.2) is 33.8 Å². The first-order valence-electron chi connectivity index (χ1n) is 8.27. The van der Waals surface area contributed by atoms with E-state index < -0.39 is 18.1 Å². The van der Waals surface area contributed by atoms with Crippen LogP contribution in [0.15, 0.2) is 29.2 Å². The number of hydrogen-bond acceptors (Lipinski definition) is 5. The third-order valence-electron chi connectivity index (χ3n) is 3.99. The lowest BCUT2D eigenvalue weighted by molar-refractivity contribution is -0.138. The molecule has 2 rings (SSSR count). The van der Waals surface area contributed by atoms with Crippen LogP contribution in [0, 0.1) is 6.92 Å². The van der Waals surface area contributed by atoms with Crippen molar-refractivity contribution in [3.8, 4) is 0 Å². The molecule has 0 atom stereocenters. The first-order chi connectivity index (χ1) is 12.8. The van der Waals surface area contributed by atoms with Gasteiger partial charge in [-0.25, -0.2) is 4.68 Å². The lowest BCUT2D eigenvalue weighted by atomic mass is 10.1. The molecular formula is C18H21ClN4O4. The van der Waals surface area contributed by atoms with Gasteiger partial charge in [0.1, 0.15) is 6.54 Å². The second kappa shape index (κ2) is 9.29. The molecule has 9 heteroatoms. The molecule has 3 N–H and O–H groups in total. The highest BCUT2D eigenvalue weighted by atomic mass is 35.5. The van der Waals surface area contributed by atoms with Crippen LogP contribution >= 0.6 is 11.6 Å². The summed E-state index contributed by atoms with van der Waals surface area (Å²) in [7, 11) is 1.82. The van der Waals surface area contributed by atoms with Gasteiger partial charge in [-0.3, -0.25) is 14.4 Å². The first kappa shape index (κ1) is 20.6. The van der Waals surface area contributed by atoms with Crippen LogP contribution in [0.3, 0.4) is 0 Å². The van der Waals surface area contributed by atoms with Crippen LogP contribution in [0.2, 0.25) is 5.02 Å². The zero-order valence-electron chi connectivity index (χ0n) is 15.1. The molecule has 0 bridgehead atoms. The maximum atomic E-state index is 12.4. The number of rotatable bonds is 8. The number of nitrogens with zero attached hydrogens (tertiary/aromatic N) is 2. The SMILES string of the molecule is CNCc1ccc(Cl)cc1CNC(=O)Cc1c(C)cnn(CC(=O)O)c1=O. The Hall–Kier alpha value is -2.71. The average Bonchev–Trinajstić information content (AvgIpc) is 2.61. The van der Waals surface area contributed by atoms with Crippen molar-refractivity contribution in [1.82, 2.24) is 20.4 Å². The topological polar surface area (TPSA) is 113 Å². The number of aryl methyl sites for hydroxylation is 1. The van der Waals surface area contributed by atoms with Crippen LogP contribution in [0.25, 0.3) is 0 Å². The van der Waals surface area contributed by atoms with Gasteiger partial charge in [0.2, 0.25) is 5.91 Å². The Balaban J connectivity index is 2.12. The molecule has 1 aromatic carbocycles. The van der Waals surface area contributed by atoms with Gasteiger partial charge in [-0.15, -0.1) is 0 Å². The minimum Gasteiger partial charge on any atom is -0.480 e. The fourth-order valence-electron chi connectivity index (χ4n) is 2.61. The predicted molar refractivity (Wildman–Crippen MR) is 101 cm³/mol. The fourth-order valence-corrected chi connectivity index (χ4v) is 2.80. The van der Waals surface area contributed by atoms with E-state index in [2.05, 4.69) is 15.7 Å². The quantitative estimate of drug-likeness (QED) is 0.614. The number of carboxylic acid groups (broad SMARTS) is 1. The number of hydrogen-bond donors (Lipinski definition) is 3. The van der Waals surface area contributed by atoms with E-state index in [0.717, 1.165) is 15.8 Å². The number of carbonyl (C=O) groups is 2. The monoisotopic (exact) mass is 392 g/mol. The highest BCUT2D eigenvalue weighted by Gasteiger charge is 2.15. The molecule has 8 nitrogen and oxygen atoms in total. The molecule has 1 aromatic heterocycles. The van der Waals surface area contributed by atoms with Gasteiger partial charge < -0.3 is 15.7 Å². The van der Waals surface area contributed by atoms with Crippen LogP contribution in [0.5, 0.6) is 0 Å². The lowest BCUT2D eigenvalue weighted by Crippen LogP contribution is -2.33. The van der Waals surface area contributed by atoms with Gasteiger partial charge in [-0.05, 0) is 42.8 Å². The van der Waals surface area contributed by atoms with Crippen molar-refractivity contribution in [3.05, 3.63) is 62.0 Å². The van der Waals surface area contributed by atoms with Crippen molar-refractivity contribution in [1.29, 1.82) is 0 Å². The molecule has 0 aliphatic carbocycles. The van der Waals surface area contributed by atoms with Gasteiger partial charge in [0.05, 0.1) is 12.6 Å². The van der Waals surface area contributed by atoms with Crippen LogP contribution in [-0.2, 0) is 35.6 Å². The van der Waals surface area contributed by atoms with Gasteiger partial charge in [0.15, 0.2) is 0 Å². The Morgan fingerprint density at radius 2 is 2.00 bits per heavy atom. The van der Waals surface area contributed by atoms with Crippen molar-refractivity contribution >= 4 is 23.5 Å². The molecule has 0 saturated carbocycles. The minimum absolute atomic E-state index is 0.158. The molecule has 0 aliphatic heterocycles. The van der Waals surface area contributed by atoms with E-state index in [4.69, 9.17) is 16.7 Å². The van der Waals surface area contributed by atoms with Crippen LogP contribution in [0.1, 0.15) is 22.3 Å². The van der Waals surface area contributed by atoms with E-state index in [9.17, 15) is 14.4 Å². The molecular weight excluding hydrogens is 372 g/mol. The zero-order valence-corrected chi connectivity index (χ0v) is 15.8. The maximum absolute atomic E-state index is 12.4. The van der Waals surface area contributed by atoms with Gasteiger partial charge >= 0.3 is 5.97 Å². The summed E-state index contributed by atoms with van der Waals surface area (Å²) in [4.78, 5) is 35.5. The number of carboxylic acids is 1. The molecule has 0 unspecified atom stereocenters. The lowest BCUT2D eigenvalue weighted by Gasteiger charge is -2.12. The molecule has 0 fully saturated rings. The maximum Gasteiger partial charge on any atom is 0.325 e. The molecule has 0 aliphatic rings. The second-order valence-corrected chi connectivity index (χ2v) is 6.50. The normalized spacial score (nSPS) is 10.6. The predicted octanol–water partition coefficient (Wildman–Crippen LogP) is 0.868. The number of halogens is 1. The highest BCUT2D eigenvalue weighted by molar-refractivity contribution is 6.30. The first-order valence-corrected chi connectivity index (χ1v) is 8.65. The standard InChI is InChI=1S/C18H21ClN4O4/c1-11-7-22-23(10-17(25)26)18(27)15(11)6-16(24)21-9-13-5-14(19)4-3-12(13)8-20-2/h3-5,7,20H,6,8-10H2,1-2H3,(H,21,24)(H,25,26). The van der Waals surface area contributed by atoms with Crippen molar-refractivity contribution in [3.63, 3.8) is 0 Å². The van der Waals surface area contributed by atoms with Crippen LogP contribution < -0.4 is 16.2 Å². The summed E-state index contributed by atoms with van der Waals surface area (Å²) >= 11 is 6.03. The Kier molecular flexibility index (Phi) is 7.09. The number of benzene rings is 1. The van der Waals surface area contributed by atoms with Gasteiger partial charge in [-0.2, -0.15) is 5.10 Å². The molecule has 0 radical (unpaired) electrons. The highest BCUT2D eigenvalue weighted by Crippen LogP contribution is 2.16. The minimum atomic E-state index is -1.18. The van der Waals surface area contributed by atoms with E-state index in [1.165, 1.54) is 6.20 Å². The Bertz CT molecular complexity index is 911. The molecule has 1 amide bonds. The summed E-state index contributed by atoms with van der Waals surface area (Å²) in [5.74, 6) is -1.53. The van der Waals surface area contributed by atoms with Crippen molar-refractivity contribution < 1.29 is 14.7 Å². The summed E-state index contributed by atoms with van der Waals surface area (Å²) in [6.45, 7) is 2.00. The third kappa shape index (κ3) is 5.63. The average molecular weight is 393 g/mol. The number of carbonyl (C=O) groups excluding carboxylic acids is 1. The summed E-state index contributed by atoms with van der Waals surface area (Å²) < 4.78 is 0.833. The van der Waals surface area contributed by atoms with E-state index >= 15 is 0 Å². The van der Waals surface area contributed by atoms with Crippen LogP contribution in [0.4, 0.5) is 0 Å². The van der Waals surface area contributed by atoms with Gasteiger partial charge in [0.25, 0.3) is 5.56 Å². The number of aromatic nitrogens is 2. The number of nitrogens with one attached hydrogen (secondary N) is 2. The Morgan fingerprint density at radius 1 is 1.26 bits per heavy atom. The number of aliphatic carboxylic acids is 1. The molecule has 1 heterocycles. The smallest absolute Gasteiger partial charge is 0.325 e. The van der Waals surface area contributed by atoms with Crippen molar-refractivity contribution in [2.24, 2.45) is 0 Å². The zero-order chi connectivity index (χ0) is 20.0. The van der Waals surface area contributed by atoms with Gasteiger partial charge in [0, 0.05) is 23.7 Å². The fraction of sp³-hybridized carbons (Fsp3) is 0.333. The molecule has 144 valence electrons. The van der Waals surface area contributed by atoms with Crippen molar-refractivity contribution in [2.45, 2.75) is 33.0 Å². The van der Waals surface area contributed by atoms with E-state index in [1.807, 2.05) is 13.1 Å². The summed E-state index contributed by atoms with van der Waals surface area (Å²) in [6, 6.07) is 5.45. The summed E-state index contributed by atoms with van der Waals surface area (Å²) in [5.41, 5.74) is 2.07. The summed E-state index contributed by atoms with van der Waals surface area (Å²) in [6.07, 6.45) is 1.23. The largest absolute Gasteiger partial charge is 0.480 e. The van der Waals surface area contributed by atoms with Crippen molar-refractivity contribution in [2.75, 3.05) is 7.05 Å². The molecule has 0 saturated heterocycles. The molecule has 2 aromatic rings.